The SMILES string of the molecule is CC(=O)c1ccc(C2CCCc3c2noc3N(C)C)cc1. The Bertz CT molecular complexity index is 656. The van der Waals surface area contributed by atoms with E-state index >= 15 is 0 Å². The lowest BCUT2D eigenvalue weighted by molar-refractivity contribution is 0.101. The van der Waals surface area contributed by atoms with E-state index in [1.165, 1.54) is 11.1 Å². The van der Waals surface area contributed by atoms with Crippen LogP contribution in [0.1, 0.15) is 52.9 Å². The van der Waals surface area contributed by atoms with E-state index in [1.54, 1.807) is 6.92 Å². The molecule has 1 aromatic heterocycles. The third kappa shape index (κ3) is 2.46. The van der Waals surface area contributed by atoms with E-state index in [9.17, 15) is 4.79 Å². The minimum atomic E-state index is 0.0993. The molecule has 1 aliphatic rings. The van der Waals surface area contributed by atoms with Crippen molar-refractivity contribution in [3.05, 3.63) is 46.6 Å². The molecule has 1 aromatic carbocycles. The Balaban J connectivity index is 1.96. The molecule has 0 N–H and O–H groups in total. The Labute approximate surface area is 124 Å². The predicted octanol–water partition coefficient (Wildman–Crippen LogP) is 3.41. The molecule has 0 radical (unpaired) electrons. The van der Waals surface area contributed by atoms with Crippen molar-refractivity contribution in [3.8, 4) is 0 Å². The predicted molar refractivity (Wildman–Crippen MR) is 82.1 cm³/mol. The highest BCUT2D eigenvalue weighted by Gasteiger charge is 2.29. The maximum absolute atomic E-state index is 11.4. The summed E-state index contributed by atoms with van der Waals surface area (Å²) in [4.78, 5) is 13.4. The molecular formula is C17H20N2O2. The second kappa shape index (κ2) is 5.35. The average molecular weight is 284 g/mol. The number of rotatable bonds is 3. The highest BCUT2D eigenvalue weighted by Crippen LogP contribution is 2.39. The fourth-order valence-corrected chi connectivity index (χ4v) is 3.07. The van der Waals surface area contributed by atoms with Crippen LogP contribution in [0.15, 0.2) is 28.8 Å². The molecule has 0 saturated heterocycles. The third-order valence-corrected chi connectivity index (χ3v) is 4.17. The number of carbonyl (C=O) groups is 1. The van der Waals surface area contributed by atoms with Crippen molar-refractivity contribution >= 4 is 11.7 Å². The van der Waals surface area contributed by atoms with Crippen molar-refractivity contribution in [2.75, 3.05) is 19.0 Å². The van der Waals surface area contributed by atoms with Gasteiger partial charge in [0.05, 0.1) is 5.69 Å². The van der Waals surface area contributed by atoms with Gasteiger partial charge in [-0.25, -0.2) is 0 Å². The van der Waals surface area contributed by atoms with Crippen LogP contribution in [0.2, 0.25) is 0 Å². The zero-order valence-corrected chi connectivity index (χ0v) is 12.7. The minimum absolute atomic E-state index is 0.0993. The number of hydrogen-bond donors (Lipinski definition) is 0. The number of benzene rings is 1. The monoisotopic (exact) mass is 284 g/mol. The van der Waals surface area contributed by atoms with E-state index in [2.05, 4.69) is 5.16 Å². The molecule has 110 valence electrons. The number of hydrogen-bond acceptors (Lipinski definition) is 4. The zero-order chi connectivity index (χ0) is 15.0. The van der Waals surface area contributed by atoms with E-state index < -0.39 is 0 Å². The Morgan fingerprint density at radius 1 is 1.29 bits per heavy atom. The maximum Gasteiger partial charge on any atom is 0.230 e. The van der Waals surface area contributed by atoms with Crippen molar-refractivity contribution in [3.63, 3.8) is 0 Å². The second-order valence-corrected chi connectivity index (χ2v) is 5.87. The summed E-state index contributed by atoms with van der Waals surface area (Å²) in [5.74, 6) is 1.24. The normalized spacial score (nSPS) is 17.4. The summed E-state index contributed by atoms with van der Waals surface area (Å²) in [6.45, 7) is 1.59. The summed E-state index contributed by atoms with van der Waals surface area (Å²) in [6.07, 6.45) is 3.23. The van der Waals surface area contributed by atoms with Gasteiger partial charge in [0.2, 0.25) is 5.88 Å². The summed E-state index contributed by atoms with van der Waals surface area (Å²) in [5.41, 5.74) is 4.25. The van der Waals surface area contributed by atoms with Gasteiger partial charge in [0.1, 0.15) is 0 Å². The summed E-state index contributed by atoms with van der Waals surface area (Å²) in [7, 11) is 3.96. The van der Waals surface area contributed by atoms with Crippen LogP contribution in [0.25, 0.3) is 0 Å². The lowest BCUT2D eigenvalue weighted by atomic mass is 9.82. The van der Waals surface area contributed by atoms with Gasteiger partial charge in [-0.1, -0.05) is 29.4 Å². The largest absolute Gasteiger partial charge is 0.347 e. The summed E-state index contributed by atoms with van der Waals surface area (Å²) < 4.78 is 5.51. The third-order valence-electron chi connectivity index (χ3n) is 4.17. The number of anilines is 1. The van der Waals surface area contributed by atoms with Gasteiger partial charge in [-0.2, -0.15) is 0 Å². The number of nitrogens with zero attached hydrogens (tertiary/aromatic N) is 2. The molecule has 1 heterocycles. The first-order chi connectivity index (χ1) is 10.1. The number of fused-ring (bicyclic) bond motifs is 1. The van der Waals surface area contributed by atoms with Crippen LogP contribution in [0.3, 0.4) is 0 Å². The topological polar surface area (TPSA) is 46.3 Å². The van der Waals surface area contributed by atoms with Crippen molar-refractivity contribution in [2.24, 2.45) is 0 Å². The van der Waals surface area contributed by atoms with Crippen LogP contribution < -0.4 is 4.90 Å². The molecule has 0 saturated carbocycles. The van der Waals surface area contributed by atoms with Crippen LogP contribution in [0.5, 0.6) is 0 Å². The lowest BCUT2D eigenvalue weighted by Gasteiger charge is -2.22. The van der Waals surface area contributed by atoms with Crippen molar-refractivity contribution in [1.29, 1.82) is 0 Å². The summed E-state index contributed by atoms with van der Waals surface area (Å²) >= 11 is 0. The fraction of sp³-hybridized carbons (Fsp3) is 0.412. The van der Waals surface area contributed by atoms with Gasteiger partial charge in [-0.3, -0.25) is 4.79 Å². The molecule has 3 rings (SSSR count). The van der Waals surface area contributed by atoms with E-state index in [1.807, 2.05) is 43.3 Å². The van der Waals surface area contributed by atoms with E-state index in [4.69, 9.17) is 4.52 Å². The standard InChI is InChI=1S/C17H20N2O2/c1-11(20)12-7-9-13(10-8-12)14-5-4-6-15-16(14)18-21-17(15)19(2)3/h7-10,14H,4-6H2,1-3H3. The Morgan fingerprint density at radius 2 is 2.00 bits per heavy atom. The first kappa shape index (κ1) is 13.9. The summed E-state index contributed by atoms with van der Waals surface area (Å²) in [6, 6.07) is 7.89. The molecule has 21 heavy (non-hydrogen) atoms. The van der Waals surface area contributed by atoms with Gasteiger partial charge in [-0.05, 0) is 31.7 Å². The highest BCUT2D eigenvalue weighted by molar-refractivity contribution is 5.94. The van der Waals surface area contributed by atoms with Crippen molar-refractivity contribution in [1.82, 2.24) is 5.16 Å². The molecule has 1 atom stereocenters. The van der Waals surface area contributed by atoms with E-state index in [-0.39, 0.29) is 11.7 Å². The molecule has 0 fully saturated rings. The molecule has 0 aliphatic heterocycles. The minimum Gasteiger partial charge on any atom is -0.347 e. The van der Waals surface area contributed by atoms with Crippen LogP contribution in [0.4, 0.5) is 5.88 Å². The maximum atomic E-state index is 11.4. The average Bonchev–Trinajstić information content (AvgIpc) is 2.91. The van der Waals surface area contributed by atoms with Crippen LogP contribution in [-0.4, -0.2) is 25.0 Å². The van der Waals surface area contributed by atoms with E-state index in [0.717, 1.165) is 36.4 Å². The molecule has 0 bridgehead atoms. The van der Waals surface area contributed by atoms with Gasteiger partial charge >= 0.3 is 0 Å². The summed E-state index contributed by atoms with van der Waals surface area (Å²) in [5, 5.41) is 4.31. The Hall–Kier alpha value is -2.10. The van der Waals surface area contributed by atoms with Crippen LogP contribution in [-0.2, 0) is 6.42 Å². The van der Waals surface area contributed by atoms with Crippen molar-refractivity contribution < 1.29 is 9.32 Å². The number of aromatic nitrogens is 1. The highest BCUT2D eigenvalue weighted by atomic mass is 16.5. The van der Waals surface area contributed by atoms with Gasteiger partial charge in [-0.15, -0.1) is 0 Å². The Kier molecular flexibility index (Phi) is 3.53. The molecule has 1 unspecified atom stereocenters. The molecule has 0 amide bonds. The fourth-order valence-electron chi connectivity index (χ4n) is 3.07. The van der Waals surface area contributed by atoms with Gasteiger partial charge in [0, 0.05) is 31.1 Å². The smallest absolute Gasteiger partial charge is 0.230 e. The molecule has 2 aromatic rings. The first-order valence-electron chi connectivity index (χ1n) is 7.34. The molecular weight excluding hydrogens is 264 g/mol. The second-order valence-electron chi connectivity index (χ2n) is 5.87. The van der Waals surface area contributed by atoms with Gasteiger partial charge < -0.3 is 9.42 Å². The molecule has 4 heteroatoms. The Morgan fingerprint density at radius 3 is 2.62 bits per heavy atom. The number of ketones is 1. The van der Waals surface area contributed by atoms with Gasteiger partial charge in [0.15, 0.2) is 5.78 Å². The number of carbonyl (C=O) groups excluding carboxylic acids is 1. The zero-order valence-electron chi connectivity index (χ0n) is 12.7. The molecule has 1 aliphatic carbocycles. The van der Waals surface area contributed by atoms with Crippen LogP contribution in [0, 0.1) is 0 Å². The first-order valence-corrected chi connectivity index (χ1v) is 7.34. The molecule has 0 spiro atoms. The molecule has 4 nitrogen and oxygen atoms in total. The van der Waals surface area contributed by atoms with Crippen LogP contribution >= 0.6 is 0 Å². The lowest BCUT2D eigenvalue weighted by Crippen LogP contribution is -2.14. The number of Topliss-reactive ketones (excluding diaryl/α,β-unsaturated/α-hetero) is 1. The van der Waals surface area contributed by atoms with Crippen molar-refractivity contribution in [2.45, 2.75) is 32.1 Å². The quantitative estimate of drug-likeness (QED) is 0.810. The van der Waals surface area contributed by atoms with E-state index in [0.29, 0.717) is 0 Å². The van der Waals surface area contributed by atoms with Gasteiger partial charge in [0.25, 0.3) is 0 Å².